The second kappa shape index (κ2) is 6.44. The molecule has 0 aliphatic carbocycles. The highest BCUT2D eigenvalue weighted by molar-refractivity contribution is 5.53. The van der Waals surface area contributed by atoms with E-state index >= 15 is 0 Å². The van der Waals surface area contributed by atoms with E-state index in [4.69, 9.17) is 0 Å². The van der Waals surface area contributed by atoms with Gasteiger partial charge in [0.1, 0.15) is 5.82 Å². The third kappa shape index (κ3) is 4.58. The molecule has 0 heterocycles. The molecule has 0 bridgehead atoms. The Morgan fingerprint density at radius 1 is 1.38 bits per heavy atom. The van der Waals surface area contributed by atoms with E-state index in [0.29, 0.717) is 6.04 Å². The quantitative estimate of drug-likeness (QED) is 0.750. The monoisotopic (exact) mass is 221 g/mol. The predicted molar refractivity (Wildman–Crippen MR) is 67.9 cm³/mol. The van der Waals surface area contributed by atoms with Gasteiger partial charge >= 0.3 is 0 Å². The first-order chi connectivity index (χ1) is 7.59. The number of rotatable bonds is 5. The van der Waals surface area contributed by atoms with Crippen LogP contribution < -0.4 is 5.32 Å². The van der Waals surface area contributed by atoms with Crippen molar-refractivity contribution in [3.8, 4) is 0 Å². The minimum Gasteiger partial charge on any atom is -0.314 e. The number of benzene rings is 1. The van der Waals surface area contributed by atoms with Gasteiger partial charge in [0.2, 0.25) is 0 Å². The highest BCUT2D eigenvalue weighted by Gasteiger charge is 1.95. The van der Waals surface area contributed by atoms with Gasteiger partial charge < -0.3 is 5.32 Å². The van der Waals surface area contributed by atoms with Crippen molar-refractivity contribution in [1.29, 1.82) is 0 Å². The van der Waals surface area contributed by atoms with E-state index in [9.17, 15) is 4.39 Å². The van der Waals surface area contributed by atoms with Gasteiger partial charge in [-0.25, -0.2) is 4.39 Å². The lowest BCUT2D eigenvalue weighted by atomic mass is 10.1. The molecule has 0 radical (unpaired) electrons. The molecule has 0 aromatic heterocycles. The van der Waals surface area contributed by atoms with Gasteiger partial charge in [-0.3, -0.25) is 0 Å². The van der Waals surface area contributed by atoms with E-state index in [2.05, 4.69) is 31.3 Å². The lowest BCUT2D eigenvalue weighted by Gasteiger charge is -2.05. The van der Waals surface area contributed by atoms with Crippen molar-refractivity contribution < 1.29 is 4.39 Å². The Bertz CT molecular complexity index is 356. The van der Waals surface area contributed by atoms with Gasteiger partial charge in [0.15, 0.2) is 0 Å². The van der Waals surface area contributed by atoms with Crippen LogP contribution in [0, 0.1) is 12.7 Å². The number of nitrogens with one attached hydrogen (secondary N) is 1. The lowest BCUT2D eigenvalue weighted by Crippen LogP contribution is -2.23. The van der Waals surface area contributed by atoms with Crippen LogP contribution in [0.5, 0.6) is 0 Å². The van der Waals surface area contributed by atoms with E-state index in [1.54, 1.807) is 6.07 Å². The highest BCUT2D eigenvalue weighted by Crippen LogP contribution is 2.11. The van der Waals surface area contributed by atoms with Crippen molar-refractivity contribution in [3.63, 3.8) is 0 Å². The zero-order valence-electron chi connectivity index (χ0n) is 10.3. The number of hydrogen-bond acceptors (Lipinski definition) is 1. The second-order valence-corrected chi connectivity index (χ2v) is 4.30. The summed E-state index contributed by atoms with van der Waals surface area (Å²) in [6, 6.07) is 5.41. The standard InChI is InChI=1S/C14H20FN/c1-11(2)16-9-5-4-6-13-7-8-14(15)10-12(13)3/h4,6-8,10-11,16H,5,9H2,1-3H3. The van der Waals surface area contributed by atoms with Gasteiger partial charge in [-0.15, -0.1) is 0 Å². The predicted octanol–water partition coefficient (Wildman–Crippen LogP) is 3.54. The van der Waals surface area contributed by atoms with Crippen LogP contribution in [-0.4, -0.2) is 12.6 Å². The fourth-order valence-electron chi connectivity index (χ4n) is 1.49. The first-order valence-electron chi connectivity index (χ1n) is 5.75. The van der Waals surface area contributed by atoms with Crippen molar-refractivity contribution in [3.05, 3.63) is 41.2 Å². The summed E-state index contributed by atoms with van der Waals surface area (Å²) >= 11 is 0. The van der Waals surface area contributed by atoms with Crippen LogP contribution in [0.3, 0.4) is 0 Å². The molecule has 0 aliphatic heterocycles. The summed E-state index contributed by atoms with van der Waals surface area (Å²) in [6.07, 6.45) is 5.17. The van der Waals surface area contributed by atoms with E-state index in [1.807, 2.05) is 13.0 Å². The van der Waals surface area contributed by atoms with Gasteiger partial charge in [-0.2, -0.15) is 0 Å². The summed E-state index contributed by atoms with van der Waals surface area (Å²) < 4.78 is 12.8. The molecule has 16 heavy (non-hydrogen) atoms. The Morgan fingerprint density at radius 3 is 2.75 bits per heavy atom. The maximum Gasteiger partial charge on any atom is 0.123 e. The van der Waals surface area contributed by atoms with Gasteiger partial charge in [0, 0.05) is 6.04 Å². The first kappa shape index (κ1) is 12.9. The largest absolute Gasteiger partial charge is 0.314 e. The van der Waals surface area contributed by atoms with Crippen LogP contribution in [0.25, 0.3) is 6.08 Å². The molecular weight excluding hydrogens is 201 g/mol. The first-order valence-corrected chi connectivity index (χ1v) is 5.75. The Labute approximate surface area is 97.4 Å². The highest BCUT2D eigenvalue weighted by atomic mass is 19.1. The van der Waals surface area contributed by atoms with Gasteiger partial charge in [0.05, 0.1) is 0 Å². The molecule has 1 aromatic rings. The topological polar surface area (TPSA) is 12.0 Å². The summed E-state index contributed by atoms with van der Waals surface area (Å²) in [6.45, 7) is 7.17. The van der Waals surface area contributed by atoms with Crippen LogP contribution in [0.1, 0.15) is 31.4 Å². The van der Waals surface area contributed by atoms with Crippen molar-refractivity contribution in [1.82, 2.24) is 5.32 Å². The number of aryl methyl sites for hydroxylation is 1. The fourth-order valence-corrected chi connectivity index (χ4v) is 1.49. The van der Waals surface area contributed by atoms with E-state index in [0.717, 1.165) is 24.1 Å². The van der Waals surface area contributed by atoms with Crippen molar-refractivity contribution >= 4 is 6.08 Å². The van der Waals surface area contributed by atoms with Crippen molar-refractivity contribution in [2.24, 2.45) is 0 Å². The van der Waals surface area contributed by atoms with Crippen LogP contribution >= 0.6 is 0 Å². The molecule has 1 nitrogen and oxygen atoms in total. The van der Waals surface area contributed by atoms with Crippen molar-refractivity contribution in [2.45, 2.75) is 33.2 Å². The molecule has 1 rings (SSSR count). The smallest absolute Gasteiger partial charge is 0.123 e. The molecule has 0 saturated heterocycles. The molecule has 0 saturated carbocycles. The zero-order chi connectivity index (χ0) is 12.0. The Kier molecular flexibility index (Phi) is 5.20. The Morgan fingerprint density at radius 2 is 2.12 bits per heavy atom. The molecule has 0 aliphatic rings. The minimum atomic E-state index is -0.170. The summed E-state index contributed by atoms with van der Waals surface area (Å²) in [7, 11) is 0. The molecule has 0 atom stereocenters. The van der Waals surface area contributed by atoms with Gasteiger partial charge in [-0.05, 0) is 43.1 Å². The fraction of sp³-hybridized carbons (Fsp3) is 0.429. The molecule has 0 unspecified atom stereocenters. The van der Waals surface area contributed by atoms with Gasteiger partial charge in [0.25, 0.3) is 0 Å². The van der Waals surface area contributed by atoms with Crippen LogP contribution in [0.2, 0.25) is 0 Å². The summed E-state index contributed by atoms with van der Waals surface area (Å²) in [5.41, 5.74) is 2.07. The maximum absolute atomic E-state index is 12.8. The summed E-state index contributed by atoms with van der Waals surface area (Å²) in [5, 5.41) is 3.34. The Balaban J connectivity index is 2.44. The van der Waals surface area contributed by atoms with Crippen LogP contribution in [0.15, 0.2) is 24.3 Å². The number of hydrogen-bond donors (Lipinski definition) is 1. The second-order valence-electron chi connectivity index (χ2n) is 4.30. The zero-order valence-corrected chi connectivity index (χ0v) is 10.3. The molecular formula is C14H20FN. The van der Waals surface area contributed by atoms with Crippen LogP contribution in [0.4, 0.5) is 4.39 Å². The average Bonchev–Trinajstić information content (AvgIpc) is 2.20. The molecule has 0 amide bonds. The van der Waals surface area contributed by atoms with E-state index in [1.165, 1.54) is 6.07 Å². The third-order valence-electron chi connectivity index (χ3n) is 2.39. The van der Waals surface area contributed by atoms with Crippen LogP contribution in [-0.2, 0) is 0 Å². The van der Waals surface area contributed by atoms with Crippen molar-refractivity contribution in [2.75, 3.05) is 6.54 Å². The third-order valence-corrected chi connectivity index (χ3v) is 2.39. The molecule has 1 aromatic carbocycles. The van der Waals surface area contributed by atoms with E-state index in [-0.39, 0.29) is 5.82 Å². The molecule has 0 fully saturated rings. The Hall–Kier alpha value is -1.15. The summed E-state index contributed by atoms with van der Waals surface area (Å²) in [4.78, 5) is 0. The van der Waals surface area contributed by atoms with E-state index < -0.39 is 0 Å². The summed E-state index contributed by atoms with van der Waals surface area (Å²) in [5.74, 6) is -0.170. The normalized spacial score (nSPS) is 11.6. The van der Waals surface area contributed by atoms with Gasteiger partial charge in [-0.1, -0.05) is 32.1 Å². The maximum atomic E-state index is 12.8. The minimum absolute atomic E-state index is 0.170. The molecule has 2 heteroatoms. The average molecular weight is 221 g/mol. The SMILES string of the molecule is Cc1cc(F)ccc1C=CCCNC(C)C. The molecule has 0 spiro atoms. The number of halogens is 1. The molecule has 88 valence electrons. The lowest BCUT2D eigenvalue weighted by molar-refractivity contribution is 0.595. The molecule has 1 N–H and O–H groups in total.